The highest BCUT2D eigenvalue weighted by Gasteiger charge is 2.33. The molecule has 0 atom stereocenters. The lowest BCUT2D eigenvalue weighted by Crippen LogP contribution is -2.42. The van der Waals surface area contributed by atoms with Gasteiger partial charge in [-0.25, -0.2) is 9.18 Å². The molecule has 1 saturated carbocycles. The SMILES string of the molecule is CC(C)(CCNC(=O)N(Cc1ccc(C(N)=O)cc1F)C1CC1)C(=O)O. The van der Waals surface area contributed by atoms with E-state index in [4.69, 9.17) is 10.8 Å². The van der Waals surface area contributed by atoms with Crippen LogP contribution in [0.2, 0.25) is 0 Å². The average molecular weight is 365 g/mol. The molecule has 0 spiro atoms. The summed E-state index contributed by atoms with van der Waals surface area (Å²) in [5, 5.41) is 11.8. The molecule has 0 aromatic heterocycles. The number of carboxylic acid groups (broad SMARTS) is 1. The fraction of sp³-hybridized carbons (Fsp3) is 0.500. The lowest BCUT2D eigenvalue weighted by molar-refractivity contribution is -0.147. The predicted molar refractivity (Wildman–Crippen MR) is 92.9 cm³/mol. The summed E-state index contributed by atoms with van der Waals surface area (Å²) in [6.45, 7) is 3.47. The fourth-order valence-corrected chi connectivity index (χ4v) is 2.46. The summed E-state index contributed by atoms with van der Waals surface area (Å²) in [6, 6.07) is 3.63. The van der Waals surface area contributed by atoms with Crippen molar-refractivity contribution in [1.29, 1.82) is 0 Å². The lowest BCUT2D eigenvalue weighted by atomic mass is 9.90. The van der Waals surface area contributed by atoms with Crippen LogP contribution < -0.4 is 11.1 Å². The zero-order valence-corrected chi connectivity index (χ0v) is 14.9. The molecular formula is C18H24FN3O4. The van der Waals surface area contributed by atoms with Crippen molar-refractivity contribution >= 4 is 17.9 Å². The minimum atomic E-state index is -0.936. The second-order valence-corrected chi connectivity index (χ2v) is 7.20. The normalized spacial score (nSPS) is 14.0. The quantitative estimate of drug-likeness (QED) is 0.655. The molecule has 0 aliphatic heterocycles. The molecule has 0 radical (unpaired) electrons. The van der Waals surface area contributed by atoms with Gasteiger partial charge in [0.2, 0.25) is 5.91 Å². The summed E-state index contributed by atoms with van der Waals surface area (Å²) in [4.78, 5) is 36.2. The first-order valence-electron chi connectivity index (χ1n) is 8.48. The molecule has 7 nitrogen and oxygen atoms in total. The Kier molecular flexibility index (Phi) is 5.84. The first-order chi connectivity index (χ1) is 12.1. The summed E-state index contributed by atoms with van der Waals surface area (Å²) in [6.07, 6.45) is 1.97. The van der Waals surface area contributed by atoms with E-state index < -0.39 is 23.1 Å². The molecule has 142 valence electrons. The Balaban J connectivity index is 2.00. The molecule has 1 fully saturated rings. The van der Waals surface area contributed by atoms with Crippen molar-refractivity contribution in [3.05, 3.63) is 35.1 Å². The highest BCUT2D eigenvalue weighted by molar-refractivity contribution is 5.92. The number of amides is 3. The van der Waals surface area contributed by atoms with Crippen LogP contribution in [0.25, 0.3) is 0 Å². The molecule has 1 aliphatic rings. The third kappa shape index (κ3) is 4.93. The van der Waals surface area contributed by atoms with Crippen molar-refractivity contribution in [3.8, 4) is 0 Å². The maximum atomic E-state index is 14.2. The van der Waals surface area contributed by atoms with Gasteiger partial charge in [0, 0.05) is 23.7 Å². The Hall–Kier alpha value is -2.64. The predicted octanol–water partition coefficient (Wildman–Crippen LogP) is 2.10. The molecular weight excluding hydrogens is 341 g/mol. The number of halogens is 1. The Morgan fingerprint density at radius 3 is 2.50 bits per heavy atom. The second-order valence-electron chi connectivity index (χ2n) is 7.20. The van der Waals surface area contributed by atoms with E-state index in [9.17, 15) is 18.8 Å². The fourth-order valence-electron chi connectivity index (χ4n) is 2.46. The molecule has 0 heterocycles. The van der Waals surface area contributed by atoms with Crippen LogP contribution >= 0.6 is 0 Å². The van der Waals surface area contributed by atoms with Gasteiger partial charge in [0.1, 0.15) is 5.82 Å². The lowest BCUT2D eigenvalue weighted by Gasteiger charge is -2.25. The van der Waals surface area contributed by atoms with Gasteiger partial charge in [-0.15, -0.1) is 0 Å². The maximum Gasteiger partial charge on any atom is 0.317 e. The number of hydrogen-bond donors (Lipinski definition) is 3. The molecule has 3 amide bonds. The van der Waals surface area contributed by atoms with Crippen LogP contribution in [0, 0.1) is 11.2 Å². The van der Waals surface area contributed by atoms with Crippen molar-refractivity contribution < 1.29 is 23.9 Å². The molecule has 1 aromatic carbocycles. The number of carbonyl (C=O) groups excluding carboxylic acids is 2. The zero-order chi connectivity index (χ0) is 19.5. The molecule has 1 aromatic rings. The summed E-state index contributed by atoms with van der Waals surface area (Å²) >= 11 is 0. The van der Waals surface area contributed by atoms with E-state index in [1.54, 1.807) is 13.8 Å². The van der Waals surface area contributed by atoms with Gasteiger partial charge in [0.25, 0.3) is 0 Å². The van der Waals surface area contributed by atoms with Crippen LogP contribution in [0.5, 0.6) is 0 Å². The number of carboxylic acids is 1. The zero-order valence-electron chi connectivity index (χ0n) is 14.9. The van der Waals surface area contributed by atoms with Gasteiger partial charge in [0.15, 0.2) is 0 Å². The van der Waals surface area contributed by atoms with E-state index >= 15 is 0 Å². The Morgan fingerprint density at radius 1 is 1.35 bits per heavy atom. The first kappa shape index (κ1) is 19.7. The molecule has 0 bridgehead atoms. The number of rotatable bonds is 8. The summed E-state index contributed by atoms with van der Waals surface area (Å²) in [5.74, 6) is -2.23. The molecule has 2 rings (SSSR count). The van der Waals surface area contributed by atoms with Crippen LogP contribution in [0.1, 0.15) is 49.0 Å². The highest BCUT2D eigenvalue weighted by Crippen LogP contribution is 2.29. The number of primary amides is 1. The van der Waals surface area contributed by atoms with Crippen LogP contribution in [-0.4, -0.2) is 40.5 Å². The number of hydrogen-bond acceptors (Lipinski definition) is 3. The average Bonchev–Trinajstić information content (AvgIpc) is 3.37. The van der Waals surface area contributed by atoms with Gasteiger partial charge >= 0.3 is 12.0 Å². The number of nitrogens with two attached hydrogens (primary N) is 1. The number of benzene rings is 1. The third-order valence-electron chi connectivity index (χ3n) is 4.53. The molecule has 0 saturated heterocycles. The summed E-state index contributed by atoms with van der Waals surface area (Å²) < 4.78 is 14.2. The van der Waals surface area contributed by atoms with Crippen molar-refractivity contribution in [1.82, 2.24) is 10.2 Å². The molecule has 1 aliphatic carbocycles. The minimum Gasteiger partial charge on any atom is -0.481 e. The van der Waals surface area contributed by atoms with E-state index in [-0.39, 0.29) is 37.1 Å². The first-order valence-corrected chi connectivity index (χ1v) is 8.48. The van der Waals surface area contributed by atoms with Gasteiger partial charge in [-0.1, -0.05) is 6.07 Å². The van der Waals surface area contributed by atoms with Gasteiger partial charge in [-0.05, 0) is 45.2 Å². The smallest absolute Gasteiger partial charge is 0.317 e. The van der Waals surface area contributed by atoms with Gasteiger partial charge in [0.05, 0.1) is 12.0 Å². The molecule has 26 heavy (non-hydrogen) atoms. The van der Waals surface area contributed by atoms with E-state index in [0.717, 1.165) is 18.9 Å². The summed E-state index contributed by atoms with van der Waals surface area (Å²) in [5.41, 5.74) is 4.56. The monoisotopic (exact) mass is 365 g/mol. The largest absolute Gasteiger partial charge is 0.481 e. The second kappa shape index (κ2) is 7.72. The van der Waals surface area contributed by atoms with E-state index in [2.05, 4.69) is 5.32 Å². The molecule has 4 N–H and O–H groups in total. The van der Waals surface area contributed by atoms with Crippen LogP contribution in [-0.2, 0) is 11.3 Å². The van der Waals surface area contributed by atoms with Gasteiger partial charge in [-0.2, -0.15) is 0 Å². The number of aliphatic carboxylic acids is 1. The van der Waals surface area contributed by atoms with Crippen molar-refractivity contribution in [2.24, 2.45) is 11.1 Å². The highest BCUT2D eigenvalue weighted by atomic mass is 19.1. The number of carbonyl (C=O) groups is 3. The maximum absolute atomic E-state index is 14.2. The number of urea groups is 1. The molecule has 0 unspecified atom stereocenters. The Morgan fingerprint density at radius 2 is 2.00 bits per heavy atom. The van der Waals surface area contributed by atoms with Crippen LogP contribution in [0.4, 0.5) is 9.18 Å². The summed E-state index contributed by atoms with van der Waals surface area (Å²) in [7, 11) is 0. The standard InChI is InChI=1S/C18H24FN3O4/c1-18(2,16(24)25)7-8-21-17(26)22(13-5-6-13)10-12-4-3-11(15(20)23)9-14(12)19/h3-4,9,13H,5-8,10H2,1-2H3,(H2,20,23)(H,21,26)(H,24,25). The van der Waals surface area contributed by atoms with E-state index in [1.165, 1.54) is 17.0 Å². The Bertz CT molecular complexity index is 716. The van der Waals surface area contributed by atoms with Gasteiger partial charge in [-0.3, -0.25) is 9.59 Å². The van der Waals surface area contributed by atoms with E-state index in [0.29, 0.717) is 5.56 Å². The molecule has 8 heteroatoms. The van der Waals surface area contributed by atoms with Crippen LogP contribution in [0.3, 0.4) is 0 Å². The van der Waals surface area contributed by atoms with E-state index in [1.807, 2.05) is 0 Å². The van der Waals surface area contributed by atoms with Crippen molar-refractivity contribution in [3.63, 3.8) is 0 Å². The minimum absolute atomic E-state index is 0.0395. The number of nitrogens with zero attached hydrogens (tertiary/aromatic N) is 1. The van der Waals surface area contributed by atoms with Crippen molar-refractivity contribution in [2.45, 2.75) is 45.7 Å². The Labute approximate surface area is 151 Å². The topological polar surface area (TPSA) is 113 Å². The number of nitrogens with one attached hydrogen (secondary N) is 1. The van der Waals surface area contributed by atoms with Gasteiger partial charge < -0.3 is 21.1 Å². The van der Waals surface area contributed by atoms with Crippen LogP contribution in [0.15, 0.2) is 18.2 Å². The van der Waals surface area contributed by atoms with Crippen molar-refractivity contribution in [2.75, 3.05) is 6.54 Å². The third-order valence-corrected chi connectivity index (χ3v) is 4.53.